The highest BCUT2D eigenvalue weighted by atomic mass is 16.3. The minimum absolute atomic E-state index is 0.173. The maximum atomic E-state index is 11.7. The fourth-order valence-corrected chi connectivity index (χ4v) is 1.38. The molecule has 0 fully saturated rings. The summed E-state index contributed by atoms with van der Waals surface area (Å²) in [7, 11) is 0. The van der Waals surface area contributed by atoms with Crippen LogP contribution in [0.25, 0.3) is 11.5 Å². The average Bonchev–Trinajstić information content (AvgIpc) is 2.94. The first kappa shape index (κ1) is 11.4. The molecular weight excluding hydrogens is 218 g/mol. The number of hydrogen-bond acceptors (Lipinski definition) is 3. The van der Waals surface area contributed by atoms with Gasteiger partial charge in [-0.25, -0.2) is 0 Å². The van der Waals surface area contributed by atoms with Gasteiger partial charge in [-0.3, -0.25) is 9.89 Å². The molecule has 5 nitrogen and oxygen atoms in total. The van der Waals surface area contributed by atoms with Crippen molar-refractivity contribution in [1.29, 1.82) is 0 Å². The molecule has 0 bridgehead atoms. The molecule has 2 aromatic rings. The topological polar surface area (TPSA) is 70.9 Å². The molecule has 0 saturated carbocycles. The molecule has 0 aromatic carbocycles. The van der Waals surface area contributed by atoms with E-state index in [2.05, 4.69) is 15.5 Å². The highest BCUT2D eigenvalue weighted by Gasteiger charge is 2.12. The summed E-state index contributed by atoms with van der Waals surface area (Å²) >= 11 is 0. The van der Waals surface area contributed by atoms with E-state index < -0.39 is 0 Å². The van der Waals surface area contributed by atoms with Crippen molar-refractivity contribution in [2.45, 2.75) is 13.8 Å². The molecule has 0 spiro atoms. The molecule has 90 valence electrons. The normalized spacial score (nSPS) is 10.8. The number of amides is 1. The van der Waals surface area contributed by atoms with Crippen molar-refractivity contribution in [2.75, 3.05) is 6.54 Å². The minimum atomic E-state index is -0.173. The Morgan fingerprint density at radius 2 is 2.41 bits per heavy atom. The molecule has 0 saturated heterocycles. The Balaban J connectivity index is 2.05. The maximum Gasteiger partial charge on any atom is 0.271 e. The number of rotatable bonds is 4. The van der Waals surface area contributed by atoms with E-state index in [0.717, 1.165) is 0 Å². The SMILES string of the molecule is CC(C)CNC(=O)c1cc(-c2ccco2)[nH]n1. The number of hydrogen-bond donors (Lipinski definition) is 2. The first-order valence-electron chi connectivity index (χ1n) is 5.54. The third-order valence-electron chi connectivity index (χ3n) is 2.27. The fraction of sp³-hybridized carbons (Fsp3) is 0.333. The van der Waals surface area contributed by atoms with Crippen LogP contribution in [0.15, 0.2) is 28.9 Å². The molecule has 0 atom stereocenters. The molecule has 0 aliphatic carbocycles. The quantitative estimate of drug-likeness (QED) is 0.849. The Labute approximate surface area is 99.2 Å². The van der Waals surface area contributed by atoms with E-state index in [1.165, 1.54) is 0 Å². The van der Waals surface area contributed by atoms with Gasteiger partial charge in [0.15, 0.2) is 11.5 Å². The van der Waals surface area contributed by atoms with Crippen molar-refractivity contribution >= 4 is 5.91 Å². The van der Waals surface area contributed by atoms with Gasteiger partial charge >= 0.3 is 0 Å². The smallest absolute Gasteiger partial charge is 0.271 e. The number of carbonyl (C=O) groups excluding carboxylic acids is 1. The summed E-state index contributed by atoms with van der Waals surface area (Å²) in [5.41, 5.74) is 1.07. The van der Waals surface area contributed by atoms with Gasteiger partial charge in [0.25, 0.3) is 5.91 Å². The second-order valence-corrected chi connectivity index (χ2v) is 4.25. The van der Waals surface area contributed by atoms with Gasteiger partial charge in [-0.05, 0) is 18.1 Å². The van der Waals surface area contributed by atoms with Crippen LogP contribution in [0.5, 0.6) is 0 Å². The molecule has 1 amide bonds. The van der Waals surface area contributed by atoms with Crippen molar-refractivity contribution in [3.63, 3.8) is 0 Å². The molecule has 2 aromatic heterocycles. The van der Waals surface area contributed by atoms with Gasteiger partial charge < -0.3 is 9.73 Å². The lowest BCUT2D eigenvalue weighted by Crippen LogP contribution is -2.27. The Morgan fingerprint density at radius 3 is 3.06 bits per heavy atom. The zero-order valence-corrected chi connectivity index (χ0v) is 9.86. The molecule has 2 rings (SSSR count). The Kier molecular flexibility index (Phi) is 3.27. The summed E-state index contributed by atoms with van der Waals surface area (Å²) in [6.45, 7) is 4.72. The summed E-state index contributed by atoms with van der Waals surface area (Å²) in [4.78, 5) is 11.7. The Hall–Kier alpha value is -2.04. The molecule has 2 heterocycles. The van der Waals surface area contributed by atoms with Gasteiger partial charge in [-0.1, -0.05) is 13.8 Å². The fourth-order valence-electron chi connectivity index (χ4n) is 1.38. The highest BCUT2D eigenvalue weighted by molar-refractivity contribution is 5.93. The van der Waals surface area contributed by atoms with Crippen LogP contribution in [0.4, 0.5) is 0 Å². The van der Waals surface area contributed by atoms with Crippen molar-refractivity contribution in [2.24, 2.45) is 5.92 Å². The van der Waals surface area contributed by atoms with Crippen LogP contribution in [0.2, 0.25) is 0 Å². The molecule has 2 N–H and O–H groups in total. The third kappa shape index (κ3) is 2.75. The van der Waals surface area contributed by atoms with E-state index in [-0.39, 0.29) is 5.91 Å². The van der Waals surface area contributed by atoms with Crippen LogP contribution in [-0.4, -0.2) is 22.6 Å². The number of nitrogens with zero attached hydrogens (tertiary/aromatic N) is 1. The maximum absolute atomic E-state index is 11.7. The van der Waals surface area contributed by atoms with E-state index in [0.29, 0.717) is 29.6 Å². The molecule has 0 aliphatic rings. The molecule has 0 aliphatic heterocycles. The third-order valence-corrected chi connectivity index (χ3v) is 2.27. The Bertz CT molecular complexity index is 486. The van der Waals surface area contributed by atoms with Gasteiger partial charge in [0.1, 0.15) is 5.69 Å². The molecule has 5 heteroatoms. The Morgan fingerprint density at radius 1 is 1.59 bits per heavy atom. The lowest BCUT2D eigenvalue weighted by molar-refractivity contribution is 0.0944. The van der Waals surface area contributed by atoms with Crippen LogP contribution < -0.4 is 5.32 Å². The molecule has 0 radical (unpaired) electrons. The van der Waals surface area contributed by atoms with Crippen LogP contribution in [0.3, 0.4) is 0 Å². The van der Waals surface area contributed by atoms with Crippen LogP contribution in [0.1, 0.15) is 24.3 Å². The minimum Gasteiger partial charge on any atom is -0.463 e. The highest BCUT2D eigenvalue weighted by Crippen LogP contribution is 2.17. The molecule has 0 unspecified atom stereocenters. The van der Waals surface area contributed by atoms with Gasteiger partial charge in [-0.2, -0.15) is 5.10 Å². The number of furan rings is 1. The van der Waals surface area contributed by atoms with E-state index in [9.17, 15) is 4.79 Å². The standard InChI is InChI=1S/C12H15N3O2/c1-8(2)7-13-12(16)10-6-9(14-15-10)11-4-3-5-17-11/h3-6,8H,7H2,1-2H3,(H,13,16)(H,14,15). The number of H-pyrrole nitrogens is 1. The number of aromatic nitrogens is 2. The summed E-state index contributed by atoms with van der Waals surface area (Å²) in [5, 5.41) is 9.53. The molecule has 17 heavy (non-hydrogen) atoms. The second-order valence-electron chi connectivity index (χ2n) is 4.25. The zero-order valence-electron chi connectivity index (χ0n) is 9.86. The first-order valence-corrected chi connectivity index (χ1v) is 5.54. The van der Waals surface area contributed by atoms with Crippen molar-refractivity contribution in [3.8, 4) is 11.5 Å². The zero-order chi connectivity index (χ0) is 12.3. The summed E-state index contributed by atoms with van der Waals surface area (Å²) in [5.74, 6) is 0.913. The number of carbonyl (C=O) groups is 1. The first-order chi connectivity index (χ1) is 8.16. The van der Waals surface area contributed by atoms with E-state index >= 15 is 0 Å². The van der Waals surface area contributed by atoms with Crippen molar-refractivity contribution < 1.29 is 9.21 Å². The van der Waals surface area contributed by atoms with Gasteiger partial charge in [-0.15, -0.1) is 0 Å². The lowest BCUT2D eigenvalue weighted by Gasteiger charge is -2.04. The predicted octanol–water partition coefficient (Wildman–Crippen LogP) is 2.06. The van der Waals surface area contributed by atoms with Crippen LogP contribution >= 0.6 is 0 Å². The average molecular weight is 233 g/mol. The van der Waals surface area contributed by atoms with Crippen molar-refractivity contribution in [3.05, 3.63) is 30.2 Å². The summed E-state index contributed by atoms with van der Waals surface area (Å²) in [6.07, 6.45) is 1.58. The lowest BCUT2D eigenvalue weighted by atomic mass is 10.2. The van der Waals surface area contributed by atoms with Gasteiger partial charge in [0, 0.05) is 12.6 Å². The summed E-state index contributed by atoms with van der Waals surface area (Å²) < 4.78 is 5.21. The number of aromatic amines is 1. The van der Waals surface area contributed by atoms with E-state index in [1.807, 2.05) is 19.9 Å². The van der Waals surface area contributed by atoms with E-state index in [4.69, 9.17) is 4.42 Å². The second kappa shape index (κ2) is 4.86. The van der Waals surface area contributed by atoms with E-state index in [1.54, 1.807) is 18.4 Å². The van der Waals surface area contributed by atoms with Gasteiger partial charge in [0.2, 0.25) is 0 Å². The van der Waals surface area contributed by atoms with Crippen LogP contribution in [0, 0.1) is 5.92 Å². The number of nitrogens with one attached hydrogen (secondary N) is 2. The van der Waals surface area contributed by atoms with Crippen LogP contribution in [-0.2, 0) is 0 Å². The van der Waals surface area contributed by atoms with Crippen molar-refractivity contribution in [1.82, 2.24) is 15.5 Å². The largest absolute Gasteiger partial charge is 0.463 e. The monoisotopic (exact) mass is 233 g/mol. The van der Waals surface area contributed by atoms with Gasteiger partial charge in [0.05, 0.1) is 6.26 Å². The molecular formula is C12H15N3O2. The summed E-state index contributed by atoms with van der Waals surface area (Å²) in [6, 6.07) is 5.27. The predicted molar refractivity (Wildman–Crippen MR) is 63.5 cm³/mol.